The van der Waals surface area contributed by atoms with Gasteiger partial charge < -0.3 is 5.32 Å². The van der Waals surface area contributed by atoms with Gasteiger partial charge in [0.2, 0.25) is 5.91 Å². The van der Waals surface area contributed by atoms with Crippen molar-refractivity contribution in [1.82, 2.24) is 21.2 Å². The number of aromatic nitrogens is 1. The Morgan fingerprint density at radius 3 is 2.65 bits per heavy atom. The molecule has 23 heavy (non-hydrogen) atoms. The Hall–Kier alpha value is -2.73. The average Bonchev–Trinajstić information content (AvgIpc) is 2.57. The number of carbonyl (C=O) groups is 2. The fourth-order valence-electron chi connectivity index (χ4n) is 2.01. The van der Waals surface area contributed by atoms with E-state index >= 15 is 0 Å². The van der Waals surface area contributed by atoms with Crippen LogP contribution in [0.1, 0.15) is 27.9 Å². The highest BCUT2D eigenvalue weighted by Gasteiger charge is 2.05. The van der Waals surface area contributed by atoms with Gasteiger partial charge in [-0.2, -0.15) is 0 Å². The number of carbonyl (C=O) groups excluding carboxylic acids is 2. The molecule has 2 rings (SSSR count). The van der Waals surface area contributed by atoms with Crippen molar-refractivity contribution in [3.63, 3.8) is 0 Å². The van der Waals surface area contributed by atoms with E-state index in [-0.39, 0.29) is 18.2 Å². The van der Waals surface area contributed by atoms with Gasteiger partial charge in [0.15, 0.2) is 0 Å². The van der Waals surface area contributed by atoms with Crippen molar-refractivity contribution in [3.8, 4) is 0 Å². The first-order chi connectivity index (χ1) is 11.1. The molecule has 0 aliphatic rings. The minimum atomic E-state index is -0.257. The molecule has 3 N–H and O–H groups in total. The van der Waals surface area contributed by atoms with E-state index in [0.29, 0.717) is 18.7 Å². The largest absolute Gasteiger partial charge is 0.352 e. The lowest BCUT2D eigenvalue weighted by Gasteiger charge is -2.08. The highest BCUT2D eigenvalue weighted by atomic mass is 16.2. The summed E-state index contributed by atoms with van der Waals surface area (Å²) in [6.45, 7) is 2.88. The first-order valence-corrected chi connectivity index (χ1v) is 7.40. The van der Waals surface area contributed by atoms with Crippen LogP contribution in [0.15, 0.2) is 48.8 Å². The number of aryl methyl sites for hydroxylation is 1. The number of pyridine rings is 1. The van der Waals surface area contributed by atoms with Crippen LogP contribution >= 0.6 is 0 Å². The lowest BCUT2D eigenvalue weighted by molar-refractivity contribution is -0.121. The number of nitrogens with zero attached hydrogens (tertiary/aromatic N) is 1. The first-order valence-electron chi connectivity index (χ1n) is 7.40. The molecule has 1 heterocycles. The van der Waals surface area contributed by atoms with Crippen molar-refractivity contribution >= 4 is 11.8 Å². The summed E-state index contributed by atoms with van der Waals surface area (Å²) in [6, 6.07) is 11.2. The molecule has 2 amide bonds. The fraction of sp³-hybridized carbons (Fsp3) is 0.235. The number of hydrazine groups is 1. The minimum absolute atomic E-state index is 0.0721. The van der Waals surface area contributed by atoms with Gasteiger partial charge in [0.05, 0.1) is 0 Å². The van der Waals surface area contributed by atoms with Crippen molar-refractivity contribution in [2.24, 2.45) is 0 Å². The van der Waals surface area contributed by atoms with E-state index in [1.807, 2.05) is 31.2 Å². The molecule has 120 valence electrons. The zero-order valence-corrected chi connectivity index (χ0v) is 13.0. The van der Waals surface area contributed by atoms with E-state index in [4.69, 9.17) is 0 Å². The van der Waals surface area contributed by atoms with Gasteiger partial charge in [-0.25, -0.2) is 5.43 Å². The molecule has 0 spiro atoms. The average molecular weight is 312 g/mol. The Bertz CT molecular complexity index is 659. The summed E-state index contributed by atoms with van der Waals surface area (Å²) in [5, 5.41) is 2.85. The lowest BCUT2D eigenvalue weighted by atomic mass is 10.1. The summed E-state index contributed by atoms with van der Waals surface area (Å²) < 4.78 is 0. The summed E-state index contributed by atoms with van der Waals surface area (Å²) in [6.07, 6.45) is 3.38. The topological polar surface area (TPSA) is 83.1 Å². The molecular formula is C17H20N4O2. The van der Waals surface area contributed by atoms with Gasteiger partial charge in [0, 0.05) is 37.5 Å². The molecule has 0 radical (unpaired) electrons. The minimum Gasteiger partial charge on any atom is -0.352 e. The molecule has 6 heteroatoms. The maximum Gasteiger partial charge on any atom is 0.265 e. The molecule has 0 aliphatic heterocycles. The van der Waals surface area contributed by atoms with Crippen molar-refractivity contribution in [1.29, 1.82) is 0 Å². The van der Waals surface area contributed by atoms with E-state index in [0.717, 1.165) is 11.1 Å². The molecule has 0 atom stereocenters. The molecule has 0 fully saturated rings. The molecule has 0 saturated heterocycles. The molecule has 1 aromatic carbocycles. The maximum atomic E-state index is 11.7. The van der Waals surface area contributed by atoms with Crippen LogP contribution in [0.2, 0.25) is 0 Å². The van der Waals surface area contributed by atoms with Crippen LogP contribution in [0, 0.1) is 6.92 Å². The lowest BCUT2D eigenvalue weighted by Crippen LogP contribution is -2.39. The van der Waals surface area contributed by atoms with Gasteiger partial charge in [-0.3, -0.25) is 20.0 Å². The number of rotatable bonds is 7. The van der Waals surface area contributed by atoms with Crippen LogP contribution < -0.4 is 16.2 Å². The van der Waals surface area contributed by atoms with Gasteiger partial charge in [0.1, 0.15) is 0 Å². The first kappa shape index (κ1) is 16.6. The highest BCUT2D eigenvalue weighted by Crippen LogP contribution is 2.03. The van der Waals surface area contributed by atoms with E-state index in [2.05, 4.69) is 21.2 Å². The predicted octanol–water partition coefficient (Wildman–Crippen LogP) is 1.33. The van der Waals surface area contributed by atoms with Crippen LogP contribution in [0.5, 0.6) is 0 Å². The molecule has 0 aliphatic carbocycles. The van der Waals surface area contributed by atoms with Gasteiger partial charge in [-0.15, -0.1) is 0 Å². The highest BCUT2D eigenvalue weighted by molar-refractivity contribution is 5.93. The second-order valence-corrected chi connectivity index (χ2v) is 5.13. The number of hydrogen-bond acceptors (Lipinski definition) is 4. The van der Waals surface area contributed by atoms with E-state index < -0.39 is 0 Å². The third-order valence-corrected chi connectivity index (χ3v) is 3.19. The number of amides is 2. The molecule has 0 unspecified atom stereocenters. The SMILES string of the molecule is Cc1cccc(CNC(=O)CCNNC(=O)c2ccncc2)c1. The van der Waals surface area contributed by atoms with E-state index in [1.165, 1.54) is 0 Å². The Morgan fingerprint density at radius 1 is 1.13 bits per heavy atom. The normalized spacial score (nSPS) is 10.1. The standard InChI is InChI=1S/C17H20N4O2/c1-13-3-2-4-14(11-13)12-19-16(22)7-10-20-21-17(23)15-5-8-18-9-6-15/h2-6,8-9,11,20H,7,10,12H2,1H3,(H,19,22)(H,21,23). The molecular weight excluding hydrogens is 292 g/mol. The van der Waals surface area contributed by atoms with Crippen LogP contribution in [-0.2, 0) is 11.3 Å². The summed E-state index contributed by atoms with van der Waals surface area (Å²) in [4.78, 5) is 27.3. The van der Waals surface area contributed by atoms with Crippen molar-refractivity contribution in [3.05, 3.63) is 65.5 Å². The number of hydrogen-bond donors (Lipinski definition) is 3. The van der Waals surface area contributed by atoms with Crippen molar-refractivity contribution in [2.75, 3.05) is 6.54 Å². The molecule has 2 aromatic rings. The second-order valence-electron chi connectivity index (χ2n) is 5.13. The molecule has 0 saturated carbocycles. The van der Waals surface area contributed by atoms with Crippen molar-refractivity contribution in [2.45, 2.75) is 19.9 Å². The number of nitrogens with one attached hydrogen (secondary N) is 3. The fourth-order valence-corrected chi connectivity index (χ4v) is 2.01. The maximum absolute atomic E-state index is 11.7. The Kier molecular flexibility index (Phi) is 6.26. The summed E-state index contributed by atoms with van der Waals surface area (Å²) in [5.41, 5.74) is 8.02. The molecule has 1 aromatic heterocycles. The quantitative estimate of drug-likeness (QED) is 0.532. The molecule has 0 bridgehead atoms. The van der Waals surface area contributed by atoms with Crippen molar-refractivity contribution < 1.29 is 9.59 Å². The predicted molar refractivity (Wildman–Crippen MR) is 87.3 cm³/mol. The zero-order chi connectivity index (χ0) is 16.5. The molecule has 6 nitrogen and oxygen atoms in total. The van der Waals surface area contributed by atoms with Gasteiger partial charge in [-0.05, 0) is 24.6 Å². The summed E-state index contributed by atoms with van der Waals surface area (Å²) in [7, 11) is 0. The Labute approximate surface area is 135 Å². The second kappa shape index (κ2) is 8.65. The summed E-state index contributed by atoms with van der Waals surface area (Å²) >= 11 is 0. The smallest absolute Gasteiger partial charge is 0.265 e. The van der Waals surface area contributed by atoms with Crippen LogP contribution in [0.3, 0.4) is 0 Å². The van der Waals surface area contributed by atoms with Crippen LogP contribution in [0.25, 0.3) is 0 Å². The van der Waals surface area contributed by atoms with Gasteiger partial charge in [-0.1, -0.05) is 29.8 Å². The Balaban J connectivity index is 1.62. The number of benzene rings is 1. The zero-order valence-electron chi connectivity index (χ0n) is 13.0. The third-order valence-electron chi connectivity index (χ3n) is 3.19. The van der Waals surface area contributed by atoms with Crippen LogP contribution in [-0.4, -0.2) is 23.3 Å². The van der Waals surface area contributed by atoms with Gasteiger partial charge >= 0.3 is 0 Å². The van der Waals surface area contributed by atoms with E-state index in [1.54, 1.807) is 24.5 Å². The third kappa shape index (κ3) is 5.88. The van der Waals surface area contributed by atoms with Gasteiger partial charge in [0.25, 0.3) is 5.91 Å². The van der Waals surface area contributed by atoms with Crippen LogP contribution in [0.4, 0.5) is 0 Å². The Morgan fingerprint density at radius 2 is 1.91 bits per heavy atom. The van der Waals surface area contributed by atoms with E-state index in [9.17, 15) is 9.59 Å². The summed E-state index contributed by atoms with van der Waals surface area (Å²) in [5.74, 6) is -0.329. The monoisotopic (exact) mass is 312 g/mol.